The molecule has 3 aromatic rings. The summed E-state index contributed by atoms with van der Waals surface area (Å²) in [4.78, 5) is 23.4. The number of nitrogens with zero attached hydrogens (tertiary/aromatic N) is 3. The van der Waals surface area contributed by atoms with Crippen molar-refractivity contribution in [2.24, 2.45) is 0 Å². The van der Waals surface area contributed by atoms with Crippen LogP contribution in [0.1, 0.15) is 20.9 Å². The summed E-state index contributed by atoms with van der Waals surface area (Å²) < 4.78 is 43.8. The van der Waals surface area contributed by atoms with Crippen LogP contribution in [0.15, 0.2) is 42.7 Å². The number of hydrogen-bond acceptors (Lipinski definition) is 7. The largest absolute Gasteiger partial charge is 0.488 e. The highest BCUT2D eigenvalue weighted by molar-refractivity contribution is 7.15. The van der Waals surface area contributed by atoms with Crippen molar-refractivity contribution in [3.8, 4) is 5.75 Å². The summed E-state index contributed by atoms with van der Waals surface area (Å²) >= 11 is 1.44. The van der Waals surface area contributed by atoms with Gasteiger partial charge in [0.15, 0.2) is 10.9 Å². The lowest BCUT2D eigenvalue weighted by Gasteiger charge is -2.36. The highest BCUT2D eigenvalue weighted by Crippen LogP contribution is 2.42. The number of aliphatic hydroxyl groups excluding tert-OH is 1. The monoisotopic (exact) mass is 450 g/mol. The fourth-order valence-electron chi connectivity index (χ4n) is 3.18. The number of anilines is 3. The number of alkyl halides is 3. The van der Waals surface area contributed by atoms with Crippen molar-refractivity contribution >= 4 is 33.8 Å². The maximum atomic E-state index is 12.8. The van der Waals surface area contributed by atoms with Crippen molar-refractivity contribution in [1.29, 1.82) is 0 Å². The summed E-state index contributed by atoms with van der Waals surface area (Å²) in [7, 11) is 0. The van der Waals surface area contributed by atoms with Gasteiger partial charge in [0.1, 0.15) is 12.3 Å². The van der Waals surface area contributed by atoms with E-state index in [-0.39, 0.29) is 30.5 Å². The fourth-order valence-corrected chi connectivity index (χ4v) is 4.02. The number of pyridine rings is 1. The lowest BCUT2D eigenvalue weighted by Crippen LogP contribution is -2.42. The van der Waals surface area contributed by atoms with Gasteiger partial charge in [-0.1, -0.05) is 6.07 Å². The molecule has 31 heavy (non-hydrogen) atoms. The number of thiazole rings is 1. The molecule has 2 aromatic heterocycles. The van der Waals surface area contributed by atoms with Crippen molar-refractivity contribution in [3.63, 3.8) is 0 Å². The number of hydrogen-bond donors (Lipinski definition) is 2. The van der Waals surface area contributed by atoms with E-state index in [0.717, 1.165) is 23.2 Å². The predicted molar refractivity (Wildman–Crippen MR) is 109 cm³/mol. The van der Waals surface area contributed by atoms with E-state index in [1.807, 2.05) is 11.8 Å². The Bertz CT molecular complexity index is 1100. The summed E-state index contributed by atoms with van der Waals surface area (Å²) in [5.41, 5.74) is -0.160. The topological polar surface area (TPSA) is 87.6 Å². The Hall–Kier alpha value is -3.18. The van der Waals surface area contributed by atoms with Crippen LogP contribution in [0.2, 0.25) is 0 Å². The van der Waals surface area contributed by atoms with E-state index in [1.54, 1.807) is 24.4 Å². The standard InChI is InChI=1S/C20H17F3N4O3S/c1-11-7-25-19(31-11)27-13(9-28)10-30-17-14(3-2-4-15(17)27)18(29)26-12-5-6-16(24-8-12)20(21,22)23/h2-8,13,28H,9-10H2,1H3,(H,26,29). The molecule has 1 unspecified atom stereocenters. The van der Waals surface area contributed by atoms with Gasteiger partial charge in [-0.05, 0) is 31.2 Å². The Kier molecular flexibility index (Phi) is 5.54. The smallest absolute Gasteiger partial charge is 0.433 e. The molecule has 1 aliphatic heterocycles. The summed E-state index contributed by atoms with van der Waals surface area (Å²) in [5.74, 6) is -0.256. The number of ether oxygens (including phenoxy) is 1. The molecule has 1 aromatic carbocycles. The molecule has 0 bridgehead atoms. The molecule has 1 atom stereocenters. The molecule has 0 radical (unpaired) electrons. The van der Waals surface area contributed by atoms with Gasteiger partial charge in [0.05, 0.1) is 35.8 Å². The minimum absolute atomic E-state index is 0.118. The molecule has 0 fully saturated rings. The van der Waals surface area contributed by atoms with Crippen LogP contribution in [0.3, 0.4) is 0 Å². The van der Waals surface area contributed by atoms with Crippen LogP contribution in [-0.2, 0) is 6.18 Å². The van der Waals surface area contributed by atoms with Gasteiger partial charge in [0, 0.05) is 11.1 Å². The highest BCUT2D eigenvalue weighted by atomic mass is 32.1. The average molecular weight is 450 g/mol. The summed E-state index contributed by atoms with van der Waals surface area (Å²) in [6.45, 7) is 1.87. The summed E-state index contributed by atoms with van der Waals surface area (Å²) in [6.07, 6.45) is -1.89. The number of rotatable bonds is 4. The Morgan fingerprint density at radius 1 is 1.29 bits per heavy atom. The summed E-state index contributed by atoms with van der Waals surface area (Å²) in [5, 5.41) is 13.0. The maximum Gasteiger partial charge on any atom is 0.433 e. The van der Waals surface area contributed by atoms with Crippen LogP contribution in [0.4, 0.5) is 29.7 Å². The molecule has 3 heterocycles. The molecule has 0 saturated carbocycles. The number of nitrogens with one attached hydrogen (secondary N) is 1. The Balaban J connectivity index is 1.64. The predicted octanol–water partition coefficient (Wildman–Crippen LogP) is 4.01. The van der Waals surface area contributed by atoms with Crippen LogP contribution in [0.25, 0.3) is 0 Å². The third-order valence-corrected chi connectivity index (χ3v) is 5.53. The first-order valence-corrected chi connectivity index (χ1v) is 10.0. The first-order valence-electron chi connectivity index (χ1n) is 9.21. The zero-order valence-electron chi connectivity index (χ0n) is 16.2. The van der Waals surface area contributed by atoms with Crippen molar-refractivity contribution in [2.45, 2.75) is 19.1 Å². The Morgan fingerprint density at radius 3 is 2.71 bits per heavy atom. The van der Waals surface area contributed by atoms with E-state index in [1.165, 1.54) is 11.3 Å². The number of aryl methyl sites for hydroxylation is 1. The number of aromatic nitrogens is 2. The molecular weight excluding hydrogens is 433 g/mol. The van der Waals surface area contributed by atoms with E-state index in [2.05, 4.69) is 15.3 Å². The maximum absolute atomic E-state index is 12.8. The number of para-hydroxylation sites is 1. The molecule has 0 saturated heterocycles. The molecule has 0 spiro atoms. The first-order chi connectivity index (χ1) is 14.8. The number of aliphatic hydroxyl groups is 1. The molecular formula is C20H17F3N4O3S. The highest BCUT2D eigenvalue weighted by Gasteiger charge is 2.34. The molecule has 1 aliphatic rings. The lowest BCUT2D eigenvalue weighted by atomic mass is 10.1. The Morgan fingerprint density at radius 2 is 2.10 bits per heavy atom. The van der Waals surface area contributed by atoms with Crippen LogP contribution < -0.4 is 15.0 Å². The van der Waals surface area contributed by atoms with Crippen molar-refractivity contribution in [3.05, 3.63) is 58.9 Å². The number of halogens is 3. The molecule has 1 amide bonds. The van der Waals surface area contributed by atoms with E-state index >= 15 is 0 Å². The number of carbonyl (C=O) groups is 1. The van der Waals surface area contributed by atoms with Gasteiger partial charge in [0.2, 0.25) is 0 Å². The SMILES string of the molecule is Cc1cnc(N2c3cccc(C(=O)Nc4ccc(C(F)(F)F)nc4)c3OCC2CO)s1. The molecule has 0 aliphatic carbocycles. The summed E-state index contributed by atoms with van der Waals surface area (Å²) in [6, 6.07) is 6.52. The minimum Gasteiger partial charge on any atom is -0.488 e. The first kappa shape index (κ1) is 21.1. The molecule has 4 rings (SSSR count). The molecule has 11 heteroatoms. The second-order valence-corrected chi connectivity index (χ2v) is 8.02. The van der Waals surface area contributed by atoms with Crippen molar-refractivity contribution < 1.29 is 27.8 Å². The van der Waals surface area contributed by atoms with Gasteiger partial charge in [0.25, 0.3) is 5.91 Å². The van der Waals surface area contributed by atoms with Gasteiger partial charge in [-0.25, -0.2) is 9.97 Å². The van der Waals surface area contributed by atoms with Gasteiger partial charge in [-0.2, -0.15) is 13.2 Å². The molecule has 2 N–H and O–H groups in total. The number of benzene rings is 1. The van der Waals surface area contributed by atoms with Gasteiger partial charge < -0.3 is 20.1 Å². The number of carbonyl (C=O) groups excluding carboxylic acids is 1. The number of amides is 1. The van der Waals surface area contributed by atoms with Gasteiger partial charge >= 0.3 is 6.18 Å². The molecule has 7 nitrogen and oxygen atoms in total. The van der Waals surface area contributed by atoms with E-state index in [0.29, 0.717) is 16.6 Å². The van der Waals surface area contributed by atoms with E-state index in [4.69, 9.17) is 4.74 Å². The fraction of sp³-hybridized carbons (Fsp3) is 0.250. The van der Waals surface area contributed by atoms with Crippen LogP contribution in [-0.4, -0.2) is 40.2 Å². The minimum atomic E-state index is -4.56. The van der Waals surface area contributed by atoms with Gasteiger partial charge in [-0.3, -0.25) is 4.79 Å². The Labute approximate surface area is 179 Å². The van der Waals surface area contributed by atoms with Crippen LogP contribution in [0, 0.1) is 6.92 Å². The third-order valence-electron chi connectivity index (χ3n) is 4.62. The zero-order valence-corrected chi connectivity index (χ0v) is 17.0. The molecule has 162 valence electrons. The quantitative estimate of drug-likeness (QED) is 0.625. The second kappa shape index (κ2) is 8.16. The van der Waals surface area contributed by atoms with E-state index < -0.39 is 17.8 Å². The van der Waals surface area contributed by atoms with Crippen LogP contribution in [0.5, 0.6) is 5.75 Å². The van der Waals surface area contributed by atoms with Crippen molar-refractivity contribution in [2.75, 3.05) is 23.4 Å². The van der Waals surface area contributed by atoms with E-state index in [9.17, 15) is 23.1 Å². The van der Waals surface area contributed by atoms with Crippen molar-refractivity contribution in [1.82, 2.24) is 9.97 Å². The average Bonchev–Trinajstić information content (AvgIpc) is 3.17. The van der Waals surface area contributed by atoms with Crippen LogP contribution >= 0.6 is 11.3 Å². The lowest BCUT2D eigenvalue weighted by molar-refractivity contribution is -0.141. The van der Waals surface area contributed by atoms with Gasteiger partial charge in [-0.15, -0.1) is 11.3 Å². The number of fused-ring (bicyclic) bond motifs is 1. The zero-order chi connectivity index (χ0) is 22.2. The normalized spacial score (nSPS) is 15.9. The third kappa shape index (κ3) is 4.19. The second-order valence-electron chi connectivity index (χ2n) is 6.81.